The molecule has 0 bridgehead atoms. The number of carbonyl (C=O) groups excluding carboxylic acids is 2. The molecule has 1 aliphatic heterocycles. The fourth-order valence-corrected chi connectivity index (χ4v) is 4.28. The fraction of sp³-hybridized carbons (Fsp3) is 0.0476. The van der Waals surface area contributed by atoms with Gasteiger partial charge >= 0.3 is 4.84 Å². The predicted octanol–water partition coefficient (Wildman–Crippen LogP) is 5.32. The number of amides is 2. The summed E-state index contributed by atoms with van der Waals surface area (Å²) in [5.41, 5.74) is 2.47. The number of rotatable bonds is 2. The molecule has 30 heavy (non-hydrogen) atoms. The molecule has 1 aliphatic rings. The number of nitrogens with one attached hydrogen (secondary N) is 2. The maximum absolute atomic E-state index is 13.1. The molecule has 5 rings (SSSR count). The summed E-state index contributed by atoms with van der Waals surface area (Å²) in [6.45, 7) is 0. The molecule has 0 fully saturated rings. The molecule has 2 heterocycles. The maximum Gasteiger partial charge on any atom is 0.314 e. The molecular formula is C21H13BrN4O3S. The SMILES string of the molecule is O=C1CC(=O)N(c2cccc(-c3nc(=S)o[nH]3)c2)c2cc(Br)c3ccccc3c2N1. The lowest BCUT2D eigenvalue weighted by molar-refractivity contribution is -0.124. The molecule has 3 aromatic carbocycles. The molecule has 4 aromatic rings. The average molecular weight is 481 g/mol. The van der Waals surface area contributed by atoms with E-state index in [0.29, 0.717) is 28.5 Å². The summed E-state index contributed by atoms with van der Waals surface area (Å²) in [5.74, 6) is -0.232. The van der Waals surface area contributed by atoms with Crippen LogP contribution in [0.3, 0.4) is 0 Å². The van der Waals surface area contributed by atoms with Crippen LogP contribution in [0.15, 0.2) is 63.6 Å². The fourth-order valence-electron chi connectivity index (χ4n) is 3.59. The average Bonchev–Trinajstić information content (AvgIpc) is 3.12. The lowest BCUT2D eigenvalue weighted by Gasteiger charge is -2.24. The molecule has 0 saturated heterocycles. The molecule has 0 radical (unpaired) electrons. The minimum absolute atomic E-state index is 0.0943. The minimum atomic E-state index is -0.354. The Morgan fingerprint density at radius 3 is 2.63 bits per heavy atom. The van der Waals surface area contributed by atoms with Crippen LogP contribution in [-0.2, 0) is 9.59 Å². The first-order chi connectivity index (χ1) is 14.5. The Hall–Kier alpha value is -3.30. The van der Waals surface area contributed by atoms with Crippen molar-refractivity contribution < 1.29 is 14.1 Å². The number of aromatic nitrogens is 2. The van der Waals surface area contributed by atoms with E-state index in [1.165, 1.54) is 0 Å². The zero-order chi connectivity index (χ0) is 20.8. The van der Waals surface area contributed by atoms with Gasteiger partial charge in [-0.1, -0.05) is 52.3 Å². The third-order valence-corrected chi connectivity index (χ3v) is 5.69. The number of benzene rings is 3. The van der Waals surface area contributed by atoms with Crippen LogP contribution in [0, 0.1) is 4.84 Å². The number of H-pyrrole nitrogens is 1. The third kappa shape index (κ3) is 3.12. The van der Waals surface area contributed by atoms with Gasteiger partial charge in [0.25, 0.3) is 0 Å². The summed E-state index contributed by atoms with van der Waals surface area (Å²) in [6.07, 6.45) is -0.267. The molecule has 0 aliphatic carbocycles. The van der Waals surface area contributed by atoms with Gasteiger partial charge in [-0.05, 0) is 35.8 Å². The van der Waals surface area contributed by atoms with Gasteiger partial charge in [-0.25, -0.2) is 5.16 Å². The van der Waals surface area contributed by atoms with Crippen molar-refractivity contribution in [2.45, 2.75) is 6.42 Å². The van der Waals surface area contributed by atoms with Crippen LogP contribution in [0.2, 0.25) is 0 Å². The van der Waals surface area contributed by atoms with E-state index in [2.05, 4.69) is 31.4 Å². The highest BCUT2D eigenvalue weighted by Gasteiger charge is 2.29. The molecule has 0 spiro atoms. The Balaban J connectivity index is 1.74. The summed E-state index contributed by atoms with van der Waals surface area (Å²) >= 11 is 8.53. The molecule has 7 nitrogen and oxygen atoms in total. The number of halogens is 1. The summed E-state index contributed by atoms with van der Waals surface area (Å²) in [7, 11) is 0. The highest BCUT2D eigenvalue weighted by atomic mass is 79.9. The molecule has 2 amide bonds. The molecule has 0 atom stereocenters. The smallest absolute Gasteiger partial charge is 0.314 e. The van der Waals surface area contributed by atoms with E-state index in [1.54, 1.807) is 23.1 Å². The topological polar surface area (TPSA) is 91.2 Å². The van der Waals surface area contributed by atoms with E-state index in [0.717, 1.165) is 15.2 Å². The first kappa shape index (κ1) is 18.7. The van der Waals surface area contributed by atoms with E-state index >= 15 is 0 Å². The highest BCUT2D eigenvalue weighted by Crippen LogP contribution is 2.43. The number of carbonyl (C=O) groups is 2. The van der Waals surface area contributed by atoms with Gasteiger partial charge in [0.2, 0.25) is 11.8 Å². The van der Waals surface area contributed by atoms with Gasteiger partial charge in [-0.2, -0.15) is 4.98 Å². The van der Waals surface area contributed by atoms with E-state index in [9.17, 15) is 9.59 Å². The van der Waals surface area contributed by atoms with Crippen molar-refractivity contribution in [2.75, 3.05) is 10.2 Å². The van der Waals surface area contributed by atoms with Crippen LogP contribution >= 0.6 is 28.1 Å². The van der Waals surface area contributed by atoms with E-state index in [-0.39, 0.29) is 23.1 Å². The van der Waals surface area contributed by atoms with Gasteiger partial charge in [-0.3, -0.25) is 14.5 Å². The zero-order valence-corrected chi connectivity index (χ0v) is 17.7. The van der Waals surface area contributed by atoms with Crippen molar-refractivity contribution in [3.63, 3.8) is 0 Å². The van der Waals surface area contributed by atoms with Crippen molar-refractivity contribution >= 4 is 67.8 Å². The van der Waals surface area contributed by atoms with Gasteiger partial charge in [-0.15, -0.1) is 0 Å². The van der Waals surface area contributed by atoms with E-state index in [1.807, 2.05) is 36.4 Å². The highest BCUT2D eigenvalue weighted by molar-refractivity contribution is 9.10. The van der Waals surface area contributed by atoms with Crippen LogP contribution in [0.4, 0.5) is 17.1 Å². The normalized spacial score (nSPS) is 13.8. The Kier molecular flexibility index (Phi) is 4.48. The molecule has 9 heteroatoms. The van der Waals surface area contributed by atoms with Gasteiger partial charge in [0.1, 0.15) is 6.42 Å². The molecule has 2 N–H and O–H groups in total. The van der Waals surface area contributed by atoms with Gasteiger partial charge in [0.15, 0.2) is 5.82 Å². The predicted molar refractivity (Wildman–Crippen MR) is 119 cm³/mol. The minimum Gasteiger partial charge on any atom is -0.348 e. The van der Waals surface area contributed by atoms with E-state index < -0.39 is 0 Å². The lowest BCUT2D eigenvalue weighted by Crippen LogP contribution is -2.26. The second kappa shape index (κ2) is 7.19. The Labute approximate surface area is 183 Å². The largest absolute Gasteiger partial charge is 0.348 e. The number of nitrogens with zero attached hydrogens (tertiary/aromatic N) is 2. The van der Waals surface area contributed by atoms with Crippen LogP contribution in [-0.4, -0.2) is 22.0 Å². The van der Waals surface area contributed by atoms with Crippen molar-refractivity contribution in [3.05, 3.63) is 63.9 Å². The van der Waals surface area contributed by atoms with Crippen LogP contribution in [0.5, 0.6) is 0 Å². The van der Waals surface area contributed by atoms with Crippen LogP contribution in [0.1, 0.15) is 6.42 Å². The Morgan fingerprint density at radius 2 is 1.87 bits per heavy atom. The van der Waals surface area contributed by atoms with Crippen molar-refractivity contribution in [1.82, 2.24) is 10.1 Å². The lowest BCUT2D eigenvalue weighted by atomic mass is 10.1. The van der Waals surface area contributed by atoms with Crippen LogP contribution < -0.4 is 10.2 Å². The Bertz CT molecular complexity index is 1390. The van der Waals surface area contributed by atoms with Gasteiger partial charge < -0.3 is 9.84 Å². The molecule has 0 saturated carbocycles. The molecule has 148 valence electrons. The van der Waals surface area contributed by atoms with E-state index in [4.69, 9.17) is 16.7 Å². The number of aromatic amines is 1. The Morgan fingerprint density at radius 1 is 1.07 bits per heavy atom. The molecular weight excluding hydrogens is 468 g/mol. The standard InChI is InChI=1S/C21H13BrN4O3S/c22-15-9-16-19(14-7-2-1-6-13(14)15)23-17(27)10-18(28)26(16)12-5-3-4-11(8-12)20-24-21(30)29-25-20/h1-9H,10H2,(H,23,27)(H,24,25,30). The maximum atomic E-state index is 13.1. The van der Waals surface area contributed by atoms with Gasteiger partial charge in [0, 0.05) is 21.1 Å². The van der Waals surface area contributed by atoms with Crippen molar-refractivity contribution in [1.29, 1.82) is 0 Å². The number of anilines is 3. The summed E-state index contributed by atoms with van der Waals surface area (Å²) < 4.78 is 5.84. The second-order valence-corrected chi connectivity index (χ2v) is 7.94. The zero-order valence-electron chi connectivity index (χ0n) is 15.3. The summed E-state index contributed by atoms with van der Waals surface area (Å²) in [5, 5.41) is 7.35. The quantitative estimate of drug-likeness (QED) is 0.299. The van der Waals surface area contributed by atoms with Crippen molar-refractivity contribution in [3.8, 4) is 11.4 Å². The first-order valence-corrected chi connectivity index (χ1v) is 10.2. The summed E-state index contributed by atoms with van der Waals surface area (Å²) in [6, 6.07) is 16.8. The molecule has 0 unspecified atom stereocenters. The third-order valence-electron chi connectivity index (χ3n) is 4.86. The number of hydrogen-bond acceptors (Lipinski definition) is 5. The van der Waals surface area contributed by atoms with Gasteiger partial charge in [0.05, 0.1) is 11.4 Å². The van der Waals surface area contributed by atoms with Crippen LogP contribution in [0.25, 0.3) is 22.2 Å². The molecule has 1 aromatic heterocycles. The number of hydrogen-bond donors (Lipinski definition) is 2. The monoisotopic (exact) mass is 480 g/mol. The first-order valence-electron chi connectivity index (χ1n) is 9.01. The second-order valence-electron chi connectivity index (χ2n) is 6.73. The summed E-state index contributed by atoms with van der Waals surface area (Å²) in [4.78, 5) is 31.3. The van der Waals surface area contributed by atoms with Crippen molar-refractivity contribution in [2.24, 2.45) is 0 Å². The number of fused-ring (bicyclic) bond motifs is 3.